The molecule has 0 spiro atoms. The van der Waals surface area contributed by atoms with E-state index in [1.54, 1.807) is 4.90 Å². The lowest BCUT2D eigenvalue weighted by atomic mass is 10.0. The quantitative estimate of drug-likeness (QED) is 0.863. The number of carbonyl (C=O) groups is 1. The van der Waals surface area contributed by atoms with Crippen LogP contribution in [0.1, 0.15) is 34.8 Å². The molecule has 0 radical (unpaired) electrons. The van der Waals surface area contributed by atoms with E-state index in [4.69, 9.17) is 5.73 Å². The Morgan fingerprint density at radius 1 is 1.14 bits per heavy atom. The lowest BCUT2D eigenvalue weighted by Gasteiger charge is -2.24. The number of nitrogens with two attached hydrogens (primary N) is 1. The van der Waals surface area contributed by atoms with E-state index in [2.05, 4.69) is 6.92 Å². The Hall–Kier alpha value is -2.29. The van der Waals surface area contributed by atoms with Crippen molar-refractivity contribution in [3.63, 3.8) is 0 Å². The first-order chi connectivity index (χ1) is 10.0. The average molecular weight is 282 g/mol. The molecule has 1 amide bonds. The van der Waals surface area contributed by atoms with E-state index in [1.165, 1.54) is 0 Å². The lowest BCUT2D eigenvalue weighted by molar-refractivity contribution is 0.0986. The first kappa shape index (κ1) is 15.1. The molecular weight excluding hydrogens is 260 g/mol. The van der Waals surface area contributed by atoms with Crippen molar-refractivity contribution in [2.24, 2.45) is 0 Å². The van der Waals surface area contributed by atoms with Crippen LogP contribution in [0.5, 0.6) is 0 Å². The number of nitrogens with zero attached hydrogens (tertiary/aromatic N) is 1. The Balaban J connectivity index is 2.42. The fourth-order valence-electron chi connectivity index (χ4n) is 2.39. The topological polar surface area (TPSA) is 46.3 Å². The number of amides is 1. The number of nitrogen functional groups attached to an aromatic ring is 1. The van der Waals surface area contributed by atoms with Gasteiger partial charge in [0.1, 0.15) is 0 Å². The fourth-order valence-corrected chi connectivity index (χ4v) is 2.39. The van der Waals surface area contributed by atoms with Gasteiger partial charge in [0.05, 0.1) is 0 Å². The zero-order chi connectivity index (χ0) is 15.4. The van der Waals surface area contributed by atoms with Crippen molar-refractivity contribution in [2.45, 2.75) is 27.2 Å². The molecule has 2 aromatic carbocycles. The SMILES string of the molecule is CCCN(C(=O)c1cccc(C)c1C)c1cccc(N)c1. The van der Waals surface area contributed by atoms with Crippen molar-refractivity contribution < 1.29 is 4.79 Å². The molecule has 0 aliphatic carbocycles. The Kier molecular flexibility index (Phi) is 4.63. The van der Waals surface area contributed by atoms with E-state index in [0.717, 1.165) is 28.8 Å². The van der Waals surface area contributed by atoms with Crippen molar-refractivity contribution in [1.29, 1.82) is 0 Å². The minimum Gasteiger partial charge on any atom is -0.399 e. The second-order valence-electron chi connectivity index (χ2n) is 5.30. The highest BCUT2D eigenvalue weighted by Gasteiger charge is 2.19. The third-order valence-corrected chi connectivity index (χ3v) is 3.71. The maximum atomic E-state index is 12.9. The number of hydrogen-bond donors (Lipinski definition) is 1. The highest BCUT2D eigenvalue weighted by molar-refractivity contribution is 6.07. The first-order valence-corrected chi connectivity index (χ1v) is 7.28. The summed E-state index contributed by atoms with van der Waals surface area (Å²) in [7, 11) is 0. The summed E-state index contributed by atoms with van der Waals surface area (Å²) in [5, 5.41) is 0. The first-order valence-electron chi connectivity index (χ1n) is 7.28. The number of rotatable bonds is 4. The largest absolute Gasteiger partial charge is 0.399 e. The number of benzene rings is 2. The van der Waals surface area contributed by atoms with Gasteiger partial charge in [-0.15, -0.1) is 0 Å². The van der Waals surface area contributed by atoms with Gasteiger partial charge in [-0.2, -0.15) is 0 Å². The molecule has 110 valence electrons. The molecule has 0 saturated heterocycles. The summed E-state index contributed by atoms with van der Waals surface area (Å²) in [5.74, 6) is 0.0312. The van der Waals surface area contributed by atoms with Gasteiger partial charge in [-0.1, -0.05) is 25.1 Å². The standard InChI is InChI=1S/C18H22N2O/c1-4-11-20(16-9-6-8-15(19)12-16)18(21)17-10-5-7-13(2)14(17)3/h5-10,12H,4,11,19H2,1-3H3. The maximum Gasteiger partial charge on any atom is 0.258 e. The molecule has 0 saturated carbocycles. The van der Waals surface area contributed by atoms with Gasteiger partial charge in [-0.25, -0.2) is 0 Å². The molecule has 2 rings (SSSR count). The molecule has 0 aromatic heterocycles. The lowest BCUT2D eigenvalue weighted by Crippen LogP contribution is -2.32. The van der Waals surface area contributed by atoms with Crippen LogP contribution < -0.4 is 10.6 Å². The Bertz CT molecular complexity index is 649. The summed E-state index contributed by atoms with van der Waals surface area (Å²) >= 11 is 0. The van der Waals surface area contributed by atoms with E-state index in [0.29, 0.717) is 12.2 Å². The van der Waals surface area contributed by atoms with E-state index >= 15 is 0 Å². The van der Waals surface area contributed by atoms with Crippen molar-refractivity contribution in [3.05, 3.63) is 59.2 Å². The molecule has 0 bridgehead atoms. The summed E-state index contributed by atoms with van der Waals surface area (Å²) < 4.78 is 0. The van der Waals surface area contributed by atoms with Crippen LogP contribution in [0.25, 0.3) is 0 Å². The molecule has 0 atom stereocenters. The number of hydrogen-bond acceptors (Lipinski definition) is 2. The molecule has 3 nitrogen and oxygen atoms in total. The molecule has 2 N–H and O–H groups in total. The molecule has 0 heterocycles. The van der Waals surface area contributed by atoms with Gasteiger partial charge < -0.3 is 10.6 Å². The third kappa shape index (κ3) is 3.24. The van der Waals surface area contributed by atoms with Crippen LogP contribution in [-0.4, -0.2) is 12.5 Å². The second kappa shape index (κ2) is 6.44. The monoisotopic (exact) mass is 282 g/mol. The van der Waals surface area contributed by atoms with Crippen LogP contribution in [0.3, 0.4) is 0 Å². The van der Waals surface area contributed by atoms with Crippen molar-refractivity contribution >= 4 is 17.3 Å². The molecule has 2 aromatic rings. The van der Waals surface area contributed by atoms with Gasteiger partial charge in [0.25, 0.3) is 5.91 Å². The minimum absolute atomic E-state index is 0.0312. The molecular formula is C18H22N2O. The van der Waals surface area contributed by atoms with E-state index in [1.807, 2.05) is 56.3 Å². The number of anilines is 2. The Morgan fingerprint density at radius 3 is 2.52 bits per heavy atom. The van der Waals surface area contributed by atoms with Crippen molar-refractivity contribution in [1.82, 2.24) is 0 Å². The Labute approximate surface area is 126 Å². The molecule has 0 unspecified atom stereocenters. The van der Waals surface area contributed by atoms with Crippen LogP contribution >= 0.6 is 0 Å². The summed E-state index contributed by atoms with van der Waals surface area (Å²) in [6.07, 6.45) is 0.894. The second-order valence-corrected chi connectivity index (χ2v) is 5.30. The van der Waals surface area contributed by atoms with Gasteiger partial charge in [-0.05, 0) is 55.7 Å². The predicted molar refractivity (Wildman–Crippen MR) is 88.7 cm³/mol. The van der Waals surface area contributed by atoms with Crippen LogP contribution in [0, 0.1) is 13.8 Å². The summed E-state index contributed by atoms with van der Waals surface area (Å²) in [5.41, 5.74) is 10.3. The van der Waals surface area contributed by atoms with Gasteiger partial charge in [0.15, 0.2) is 0 Å². The van der Waals surface area contributed by atoms with Gasteiger partial charge >= 0.3 is 0 Å². The third-order valence-electron chi connectivity index (χ3n) is 3.71. The van der Waals surface area contributed by atoms with Crippen molar-refractivity contribution in [3.8, 4) is 0 Å². The minimum atomic E-state index is 0.0312. The smallest absolute Gasteiger partial charge is 0.258 e. The summed E-state index contributed by atoms with van der Waals surface area (Å²) in [6, 6.07) is 13.3. The fraction of sp³-hybridized carbons (Fsp3) is 0.278. The molecule has 0 aliphatic heterocycles. The van der Waals surface area contributed by atoms with E-state index in [-0.39, 0.29) is 5.91 Å². The summed E-state index contributed by atoms with van der Waals surface area (Å²) in [4.78, 5) is 14.7. The van der Waals surface area contributed by atoms with Crippen LogP contribution in [0.2, 0.25) is 0 Å². The summed E-state index contributed by atoms with van der Waals surface area (Å²) in [6.45, 7) is 6.76. The van der Waals surface area contributed by atoms with E-state index < -0.39 is 0 Å². The van der Waals surface area contributed by atoms with Crippen molar-refractivity contribution in [2.75, 3.05) is 17.2 Å². The molecule has 3 heteroatoms. The molecule has 0 fully saturated rings. The Morgan fingerprint density at radius 2 is 1.86 bits per heavy atom. The number of carbonyl (C=O) groups excluding carboxylic acids is 1. The highest BCUT2D eigenvalue weighted by Crippen LogP contribution is 2.22. The number of aryl methyl sites for hydroxylation is 1. The molecule has 0 aliphatic rings. The van der Waals surface area contributed by atoms with Crippen LogP contribution in [0.4, 0.5) is 11.4 Å². The maximum absolute atomic E-state index is 12.9. The van der Waals surface area contributed by atoms with Gasteiger partial charge in [-0.3, -0.25) is 4.79 Å². The van der Waals surface area contributed by atoms with E-state index in [9.17, 15) is 4.79 Å². The molecule has 21 heavy (non-hydrogen) atoms. The zero-order valence-electron chi connectivity index (χ0n) is 12.9. The van der Waals surface area contributed by atoms with Gasteiger partial charge in [0.2, 0.25) is 0 Å². The van der Waals surface area contributed by atoms with Crippen LogP contribution in [0.15, 0.2) is 42.5 Å². The normalized spacial score (nSPS) is 10.4. The zero-order valence-corrected chi connectivity index (χ0v) is 12.9. The average Bonchev–Trinajstić information content (AvgIpc) is 2.47. The van der Waals surface area contributed by atoms with Gasteiger partial charge in [0, 0.05) is 23.5 Å². The highest BCUT2D eigenvalue weighted by atomic mass is 16.2. The predicted octanol–water partition coefficient (Wildman–Crippen LogP) is 3.94. The van der Waals surface area contributed by atoms with Crippen LogP contribution in [-0.2, 0) is 0 Å².